The Morgan fingerprint density at radius 2 is 1.88 bits per heavy atom. The van der Waals surface area contributed by atoms with Crippen molar-refractivity contribution in [1.82, 2.24) is 24.9 Å². The number of nitrogens with zero attached hydrogens (tertiary/aromatic N) is 3. The number of aromatic nitrogens is 2. The fourth-order valence-electron chi connectivity index (χ4n) is 7.30. The molecule has 3 fully saturated rings. The van der Waals surface area contributed by atoms with Gasteiger partial charge in [-0.15, -0.1) is 17.9 Å². The first-order valence-electron chi connectivity index (χ1n) is 18.6. The van der Waals surface area contributed by atoms with Gasteiger partial charge >= 0.3 is 0 Å². The number of benzene rings is 2. The third-order valence-corrected chi connectivity index (χ3v) is 13.7. The number of sulfonamides is 1. The second-order valence-corrected chi connectivity index (χ2v) is 19.6. The van der Waals surface area contributed by atoms with Crippen LogP contribution in [0.4, 0.5) is 13.9 Å². The molecule has 0 spiro atoms. The van der Waals surface area contributed by atoms with E-state index in [1.165, 1.54) is 41.7 Å². The molecule has 2 aliphatic carbocycles. The normalized spacial score (nSPS) is 22.3. The largest absolute Gasteiger partial charge is 0.494 e. The predicted octanol–water partition coefficient (Wildman–Crippen LogP) is 6.15. The van der Waals surface area contributed by atoms with Gasteiger partial charge in [-0.1, -0.05) is 38.4 Å². The number of anilines is 1. The summed E-state index contributed by atoms with van der Waals surface area (Å²) in [6.45, 7) is 10.9. The molecule has 5 atom stereocenters. The lowest BCUT2D eigenvalue weighted by atomic mass is 9.85. The molecule has 13 nitrogen and oxygen atoms in total. The minimum atomic E-state index is -3.94. The number of amides is 3. The molecule has 3 amide bonds. The van der Waals surface area contributed by atoms with Crippen LogP contribution in [0.3, 0.4) is 0 Å². The number of aryl methyl sites for hydroxylation is 1. The standard InChI is InChI=1S/C40H43ClF2N6O7S2/c1-7-21-17-40(21,37(52)48-58(53,54)25-10-11-25)47-34(50)30-16-24(56-35-28-14-22(41)8-12-26(28)31(55-6)18-44-35)19-49(30)36(51)33(39(3,4)5)46-38-45-32(20(2)57-38)27-13-9-23(42)15-29(27)43/h7-9,12-15,18,21,24-25,30,33H,1,10-11,16-17,19H2,2-6H3,(H,45,46)(H,47,50)(H,48,52)/t21-,24-,30+,33-,40-/m1/s1. The van der Waals surface area contributed by atoms with Crippen molar-refractivity contribution in [2.45, 2.75) is 82.4 Å². The van der Waals surface area contributed by atoms with Crippen LogP contribution in [-0.4, -0.2) is 83.6 Å². The zero-order valence-electron chi connectivity index (χ0n) is 32.4. The summed E-state index contributed by atoms with van der Waals surface area (Å²) in [7, 11) is -2.43. The highest BCUT2D eigenvalue weighted by Gasteiger charge is 2.62. The van der Waals surface area contributed by atoms with E-state index in [9.17, 15) is 31.6 Å². The summed E-state index contributed by atoms with van der Waals surface area (Å²) < 4.78 is 68.2. The maximum atomic E-state index is 14.9. The maximum absolute atomic E-state index is 14.9. The van der Waals surface area contributed by atoms with E-state index in [2.05, 4.69) is 31.9 Å². The smallest absolute Gasteiger partial charge is 0.259 e. The molecule has 1 saturated heterocycles. The molecule has 58 heavy (non-hydrogen) atoms. The topological polar surface area (TPSA) is 169 Å². The number of fused-ring (bicyclic) bond motifs is 1. The quantitative estimate of drug-likeness (QED) is 0.133. The van der Waals surface area contributed by atoms with Crippen LogP contribution in [0.25, 0.3) is 22.0 Å². The molecule has 0 bridgehead atoms. The van der Waals surface area contributed by atoms with E-state index in [1.807, 2.05) is 20.8 Å². The highest BCUT2D eigenvalue weighted by atomic mass is 35.5. The molecule has 0 radical (unpaired) electrons. The molecular formula is C40H43ClF2N6O7S2. The summed E-state index contributed by atoms with van der Waals surface area (Å²) in [4.78, 5) is 54.0. The van der Waals surface area contributed by atoms with Crippen molar-refractivity contribution in [2.75, 3.05) is 19.0 Å². The zero-order valence-corrected chi connectivity index (χ0v) is 34.8. The lowest BCUT2D eigenvalue weighted by molar-refractivity contribution is -0.141. The average molecular weight is 857 g/mol. The molecule has 3 heterocycles. The Hall–Kier alpha value is -4.87. The number of halogens is 3. The molecule has 0 unspecified atom stereocenters. The summed E-state index contributed by atoms with van der Waals surface area (Å²) in [5.41, 5.74) is -2.00. The van der Waals surface area contributed by atoms with Gasteiger partial charge < -0.3 is 25.0 Å². The summed E-state index contributed by atoms with van der Waals surface area (Å²) in [6.07, 6.45) is 3.16. The average Bonchev–Trinajstić information content (AvgIpc) is 4.06. The van der Waals surface area contributed by atoms with Crippen LogP contribution in [0.1, 0.15) is 51.3 Å². The number of carbonyl (C=O) groups excluding carboxylic acids is 3. The monoisotopic (exact) mass is 856 g/mol. The van der Waals surface area contributed by atoms with Crippen LogP contribution in [0.5, 0.6) is 11.6 Å². The van der Waals surface area contributed by atoms with Gasteiger partial charge in [-0.05, 0) is 61.9 Å². The Balaban J connectivity index is 1.21. The second-order valence-electron chi connectivity index (χ2n) is 16.0. The third-order valence-electron chi connectivity index (χ3n) is 10.7. The van der Waals surface area contributed by atoms with Gasteiger partial charge in [0.05, 0.1) is 30.8 Å². The van der Waals surface area contributed by atoms with Crippen LogP contribution >= 0.6 is 22.9 Å². The maximum Gasteiger partial charge on any atom is 0.259 e. The SMILES string of the molecule is C=C[C@@H]1C[C@]1(NC(=O)[C@@H]1C[C@@H](Oc2ncc(OC)c3ccc(Cl)cc23)CN1C(=O)[C@@H](Nc1nc(-c2ccc(F)cc2F)c(C)s1)C(C)(C)C)C(=O)NS(=O)(=O)C1CC1. The number of hydrogen-bond donors (Lipinski definition) is 3. The van der Waals surface area contributed by atoms with Crippen LogP contribution in [-0.2, 0) is 24.4 Å². The molecule has 2 saturated carbocycles. The summed E-state index contributed by atoms with van der Waals surface area (Å²) in [6, 6.07) is 6.17. The first-order valence-corrected chi connectivity index (χ1v) is 21.4. The summed E-state index contributed by atoms with van der Waals surface area (Å²) in [5.74, 6) is -3.45. The van der Waals surface area contributed by atoms with Gasteiger partial charge in [-0.25, -0.2) is 27.2 Å². The lowest BCUT2D eigenvalue weighted by Gasteiger charge is -2.35. The van der Waals surface area contributed by atoms with Gasteiger partial charge in [-0.3, -0.25) is 19.1 Å². The molecule has 1 aliphatic heterocycles. The number of rotatable bonds is 13. The van der Waals surface area contributed by atoms with E-state index in [-0.39, 0.29) is 36.5 Å². The van der Waals surface area contributed by atoms with Crippen molar-refractivity contribution >= 4 is 66.6 Å². The van der Waals surface area contributed by atoms with Gasteiger partial charge in [0.15, 0.2) is 5.13 Å². The first-order chi connectivity index (χ1) is 27.3. The van der Waals surface area contributed by atoms with Gasteiger partial charge in [0.2, 0.25) is 27.7 Å². The lowest BCUT2D eigenvalue weighted by Crippen LogP contribution is -2.58. The number of thiazole rings is 1. The number of ether oxygens (including phenoxy) is 2. The van der Waals surface area contributed by atoms with Crippen molar-refractivity contribution in [1.29, 1.82) is 0 Å². The molecule has 7 rings (SSSR count). The van der Waals surface area contributed by atoms with Crippen molar-refractivity contribution in [3.63, 3.8) is 0 Å². The summed E-state index contributed by atoms with van der Waals surface area (Å²) >= 11 is 7.55. The predicted molar refractivity (Wildman–Crippen MR) is 216 cm³/mol. The number of carbonyl (C=O) groups is 3. The summed E-state index contributed by atoms with van der Waals surface area (Å²) in [5, 5.41) is 7.28. The van der Waals surface area contributed by atoms with Crippen molar-refractivity contribution < 1.29 is 41.1 Å². The van der Waals surface area contributed by atoms with Crippen molar-refractivity contribution in [3.8, 4) is 22.9 Å². The van der Waals surface area contributed by atoms with Crippen molar-refractivity contribution in [3.05, 3.63) is 76.8 Å². The fourth-order valence-corrected chi connectivity index (χ4v) is 9.69. The van der Waals surface area contributed by atoms with E-state index in [0.29, 0.717) is 44.4 Å². The van der Waals surface area contributed by atoms with Gasteiger partial charge in [0.1, 0.15) is 41.1 Å². The minimum Gasteiger partial charge on any atom is -0.494 e. The van der Waals surface area contributed by atoms with Crippen LogP contribution in [0.2, 0.25) is 5.02 Å². The molecule has 4 aromatic rings. The molecule has 2 aromatic carbocycles. The molecule has 2 aromatic heterocycles. The van der Waals surface area contributed by atoms with Crippen LogP contribution in [0, 0.1) is 29.9 Å². The van der Waals surface area contributed by atoms with Gasteiger partial charge in [-0.2, -0.15) is 0 Å². The Morgan fingerprint density at radius 3 is 2.52 bits per heavy atom. The zero-order chi connectivity index (χ0) is 41.9. The molecular weight excluding hydrogens is 814 g/mol. The van der Waals surface area contributed by atoms with Gasteiger partial charge in [0.25, 0.3) is 5.91 Å². The van der Waals surface area contributed by atoms with E-state index < -0.39 is 79.7 Å². The number of pyridine rings is 1. The number of methoxy groups -OCH3 is 1. The number of hydrogen-bond acceptors (Lipinski definition) is 11. The van der Waals surface area contributed by atoms with Crippen LogP contribution < -0.4 is 24.8 Å². The Kier molecular flexibility index (Phi) is 11.0. The number of likely N-dealkylation sites (tertiary alicyclic amines) is 1. The Labute approximate surface area is 343 Å². The van der Waals surface area contributed by atoms with Gasteiger partial charge in [0, 0.05) is 44.6 Å². The Bertz CT molecular complexity index is 2440. The van der Waals surface area contributed by atoms with E-state index in [4.69, 9.17) is 21.1 Å². The molecule has 3 N–H and O–H groups in total. The minimum absolute atomic E-state index is 0.0224. The Morgan fingerprint density at radius 1 is 1.14 bits per heavy atom. The molecule has 18 heteroatoms. The fraction of sp³-hybridized carbons (Fsp3) is 0.425. The number of nitrogens with one attached hydrogen (secondary N) is 3. The van der Waals surface area contributed by atoms with Crippen molar-refractivity contribution in [2.24, 2.45) is 11.3 Å². The highest BCUT2D eigenvalue weighted by molar-refractivity contribution is 7.91. The van der Waals surface area contributed by atoms with Crippen LogP contribution in [0.15, 0.2) is 55.3 Å². The highest BCUT2D eigenvalue weighted by Crippen LogP contribution is 2.46. The van der Waals surface area contributed by atoms with E-state index in [1.54, 1.807) is 25.1 Å². The third kappa shape index (κ3) is 8.08. The second kappa shape index (κ2) is 15.4. The first kappa shape index (κ1) is 41.3. The molecule has 3 aliphatic rings. The molecule has 308 valence electrons. The van der Waals surface area contributed by atoms with E-state index >= 15 is 0 Å². The van der Waals surface area contributed by atoms with E-state index in [0.717, 1.165) is 12.1 Å².